The zero-order chi connectivity index (χ0) is 18.7. The molecular formula is C18H22N6O2. The summed E-state index contributed by atoms with van der Waals surface area (Å²) in [5, 5.41) is 10.6. The first-order valence-electron chi connectivity index (χ1n) is 8.42. The third-order valence-electron chi connectivity index (χ3n) is 3.81. The summed E-state index contributed by atoms with van der Waals surface area (Å²) in [4.78, 5) is 31.3. The average molecular weight is 354 g/mol. The Morgan fingerprint density at radius 1 is 1.19 bits per heavy atom. The molecule has 1 amide bonds. The molecule has 0 spiro atoms. The number of amides is 1. The molecule has 3 aromatic rings. The van der Waals surface area contributed by atoms with Crippen molar-refractivity contribution in [3.05, 3.63) is 52.4 Å². The van der Waals surface area contributed by atoms with Gasteiger partial charge in [-0.15, -0.1) is 0 Å². The molecule has 8 nitrogen and oxygen atoms in total. The second kappa shape index (κ2) is 6.99. The summed E-state index contributed by atoms with van der Waals surface area (Å²) in [6.07, 6.45) is 1.52. The first-order valence-corrected chi connectivity index (χ1v) is 8.42. The first-order chi connectivity index (χ1) is 12.4. The van der Waals surface area contributed by atoms with Gasteiger partial charge in [-0.25, -0.2) is 4.68 Å². The Kier molecular flexibility index (Phi) is 4.75. The van der Waals surface area contributed by atoms with Gasteiger partial charge in [-0.3, -0.25) is 14.6 Å². The number of aromatic amines is 1. The maximum atomic E-state index is 12.2. The highest BCUT2D eigenvalue weighted by Gasteiger charge is 2.19. The fourth-order valence-electron chi connectivity index (χ4n) is 2.54. The van der Waals surface area contributed by atoms with Gasteiger partial charge in [-0.05, 0) is 32.9 Å². The van der Waals surface area contributed by atoms with E-state index in [1.807, 2.05) is 39.0 Å². The number of rotatable bonds is 5. The Labute approximate surface area is 150 Å². The Morgan fingerprint density at radius 3 is 2.62 bits per heavy atom. The molecule has 2 aromatic heterocycles. The molecule has 0 saturated carbocycles. The molecule has 0 aliphatic carbocycles. The van der Waals surface area contributed by atoms with Crippen LogP contribution in [-0.2, 0) is 5.54 Å². The van der Waals surface area contributed by atoms with E-state index in [1.165, 1.54) is 6.20 Å². The molecule has 0 aliphatic rings. The van der Waals surface area contributed by atoms with E-state index in [4.69, 9.17) is 0 Å². The zero-order valence-corrected chi connectivity index (χ0v) is 15.0. The summed E-state index contributed by atoms with van der Waals surface area (Å²) in [6.45, 7) is 6.81. The summed E-state index contributed by atoms with van der Waals surface area (Å²) in [5.41, 5.74) is 0.594. The molecule has 26 heavy (non-hydrogen) atoms. The van der Waals surface area contributed by atoms with Crippen LogP contribution >= 0.6 is 0 Å². The third kappa shape index (κ3) is 3.74. The Balaban J connectivity index is 1.66. The molecule has 0 bridgehead atoms. The first kappa shape index (κ1) is 17.7. The number of carbonyl (C=O) groups excluding carboxylic acids is 1. The highest BCUT2D eigenvalue weighted by molar-refractivity contribution is 5.94. The lowest BCUT2D eigenvalue weighted by Gasteiger charge is -2.19. The van der Waals surface area contributed by atoms with Crippen LogP contribution in [0.15, 0.2) is 41.3 Å². The molecule has 136 valence electrons. The molecule has 0 unspecified atom stereocenters. The minimum Gasteiger partial charge on any atom is -0.354 e. The molecule has 2 heterocycles. The Hall–Kier alpha value is -3.16. The van der Waals surface area contributed by atoms with Gasteiger partial charge < -0.3 is 10.6 Å². The smallest absolute Gasteiger partial charge is 0.263 e. The molecule has 0 radical (unpaired) electrons. The number of hydrogen-bond acceptors (Lipinski definition) is 5. The fourth-order valence-corrected chi connectivity index (χ4v) is 2.54. The summed E-state index contributed by atoms with van der Waals surface area (Å²) in [5.74, 6) is 0.206. The van der Waals surface area contributed by atoms with E-state index >= 15 is 0 Å². The van der Waals surface area contributed by atoms with Crippen LogP contribution in [0.3, 0.4) is 0 Å². The normalized spacial score (nSPS) is 11.5. The summed E-state index contributed by atoms with van der Waals surface area (Å²) in [7, 11) is 0. The van der Waals surface area contributed by atoms with Crippen molar-refractivity contribution in [2.75, 3.05) is 18.4 Å². The van der Waals surface area contributed by atoms with Crippen LogP contribution in [0.4, 0.5) is 5.95 Å². The molecule has 0 fully saturated rings. The standard InChI is InChI=1S/C18H22N6O2/c1-18(2,3)24-14-13(11-21-24)16(26)23-17(22-14)20-10-9-19-15(25)12-7-5-4-6-8-12/h4-8,11H,9-10H2,1-3H3,(H,19,25)(H2,20,22,23,26). The van der Waals surface area contributed by atoms with E-state index in [0.717, 1.165) is 0 Å². The molecule has 8 heteroatoms. The lowest BCUT2D eigenvalue weighted by Crippen LogP contribution is -2.29. The SMILES string of the molecule is CC(C)(C)n1ncc2c(=O)[nH]c(NCCNC(=O)c3ccccc3)nc21. The predicted molar refractivity (Wildman–Crippen MR) is 100 cm³/mol. The van der Waals surface area contributed by atoms with Crippen molar-refractivity contribution in [2.45, 2.75) is 26.3 Å². The van der Waals surface area contributed by atoms with Crippen molar-refractivity contribution < 1.29 is 4.79 Å². The number of anilines is 1. The molecule has 0 aliphatic heterocycles. The van der Waals surface area contributed by atoms with E-state index in [-0.39, 0.29) is 17.0 Å². The monoisotopic (exact) mass is 354 g/mol. The van der Waals surface area contributed by atoms with Gasteiger partial charge in [0.05, 0.1) is 11.7 Å². The fraction of sp³-hybridized carbons (Fsp3) is 0.333. The molecule has 0 atom stereocenters. The van der Waals surface area contributed by atoms with Crippen LogP contribution in [0.25, 0.3) is 11.0 Å². The number of fused-ring (bicyclic) bond motifs is 1. The molecule has 0 saturated heterocycles. The molecule has 3 rings (SSSR count). The van der Waals surface area contributed by atoms with Crippen LogP contribution in [0, 0.1) is 0 Å². The van der Waals surface area contributed by atoms with Crippen molar-refractivity contribution in [3.63, 3.8) is 0 Å². The quantitative estimate of drug-likeness (QED) is 0.605. The predicted octanol–water partition coefficient (Wildman–Crippen LogP) is 1.72. The maximum absolute atomic E-state index is 12.2. The van der Waals surface area contributed by atoms with E-state index in [2.05, 4.69) is 25.7 Å². The lowest BCUT2D eigenvalue weighted by atomic mass is 10.1. The topological polar surface area (TPSA) is 105 Å². The van der Waals surface area contributed by atoms with Crippen LogP contribution in [0.5, 0.6) is 0 Å². The van der Waals surface area contributed by atoms with E-state index in [9.17, 15) is 9.59 Å². The van der Waals surface area contributed by atoms with Gasteiger partial charge in [0.2, 0.25) is 5.95 Å². The lowest BCUT2D eigenvalue weighted by molar-refractivity contribution is 0.0955. The van der Waals surface area contributed by atoms with Crippen molar-refractivity contribution in [1.29, 1.82) is 0 Å². The number of nitrogens with zero attached hydrogens (tertiary/aromatic N) is 3. The Morgan fingerprint density at radius 2 is 1.92 bits per heavy atom. The second-order valence-electron chi connectivity index (χ2n) is 6.93. The van der Waals surface area contributed by atoms with Gasteiger partial charge in [0.1, 0.15) is 5.39 Å². The highest BCUT2D eigenvalue weighted by Crippen LogP contribution is 2.18. The maximum Gasteiger partial charge on any atom is 0.263 e. The van der Waals surface area contributed by atoms with Crippen LogP contribution < -0.4 is 16.2 Å². The van der Waals surface area contributed by atoms with Gasteiger partial charge in [0.25, 0.3) is 11.5 Å². The number of nitrogens with one attached hydrogen (secondary N) is 3. The summed E-state index contributed by atoms with van der Waals surface area (Å²) >= 11 is 0. The minimum absolute atomic E-state index is 0.143. The van der Waals surface area contributed by atoms with Crippen LogP contribution in [0.1, 0.15) is 31.1 Å². The molecule has 3 N–H and O–H groups in total. The number of H-pyrrole nitrogens is 1. The van der Waals surface area contributed by atoms with Gasteiger partial charge in [-0.2, -0.15) is 10.1 Å². The summed E-state index contributed by atoms with van der Waals surface area (Å²) in [6, 6.07) is 9.00. The Bertz CT molecular complexity index is 969. The van der Waals surface area contributed by atoms with Crippen LogP contribution in [-0.4, -0.2) is 38.7 Å². The van der Waals surface area contributed by atoms with E-state index < -0.39 is 0 Å². The second-order valence-corrected chi connectivity index (χ2v) is 6.93. The van der Waals surface area contributed by atoms with Crippen molar-refractivity contribution in [3.8, 4) is 0 Å². The average Bonchev–Trinajstić information content (AvgIpc) is 3.04. The number of hydrogen-bond donors (Lipinski definition) is 3. The third-order valence-corrected chi connectivity index (χ3v) is 3.81. The van der Waals surface area contributed by atoms with Crippen molar-refractivity contribution in [1.82, 2.24) is 25.1 Å². The minimum atomic E-state index is -0.288. The van der Waals surface area contributed by atoms with Gasteiger partial charge in [-0.1, -0.05) is 18.2 Å². The van der Waals surface area contributed by atoms with Crippen molar-refractivity contribution in [2.24, 2.45) is 0 Å². The molecule has 1 aromatic carbocycles. The number of carbonyl (C=O) groups is 1. The zero-order valence-electron chi connectivity index (χ0n) is 15.0. The largest absolute Gasteiger partial charge is 0.354 e. The number of aromatic nitrogens is 4. The van der Waals surface area contributed by atoms with Gasteiger partial charge in [0, 0.05) is 18.7 Å². The highest BCUT2D eigenvalue weighted by atomic mass is 16.1. The molecular weight excluding hydrogens is 332 g/mol. The van der Waals surface area contributed by atoms with Gasteiger partial charge in [0.15, 0.2) is 5.65 Å². The van der Waals surface area contributed by atoms with E-state index in [1.54, 1.807) is 16.8 Å². The van der Waals surface area contributed by atoms with Crippen molar-refractivity contribution >= 4 is 22.9 Å². The van der Waals surface area contributed by atoms with Gasteiger partial charge >= 0.3 is 0 Å². The number of benzene rings is 1. The van der Waals surface area contributed by atoms with Crippen LogP contribution in [0.2, 0.25) is 0 Å². The van der Waals surface area contributed by atoms with E-state index in [0.29, 0.717) is 35.6 Å². The summed E-state index contributed by atoms with van der Waals surface area (Å²) < 4.78 is 1.72.